The highest BCUT2D eigenvalue weighted by Gasteiger charge is 2.37. The Bertz CT molecular complexity index is 1290. The van der Waals surface area contributed by atoms with E-state index in [1.807, 2.05) is 13.8 Å². The zero-order valence-corrected chi connectivity index (χ0v) is 22.2. The molecule has 15 heteroatoms. The van der Waals surface area contributed by atoms with Crippen LogP contribution >= 0.6 is 0 Å². The second kappa shape index (κ2) is 12.2. The van der Waals surface area contributed by atoms with Crippen LogP contribution in [0.1, 0.15) is 72.6 Å². The van der Waals surface area contributed by atoms with Gasteiger partial charge >= 0.3 is 18.5 Å². The van der Waals surface area contributed by atoms with Crippen molar-refractivity contribution in [2.24, 2.45) is 13.0 Å². The molecule has 6 nitrogen and oxygen atoms in total. The van der Waals surface area contributed by atoms with Crippen molar-refractivity contribution in [3.63, 3.8) is 0 Å². The van der Waals surface area contributed by atoms with E-state index >= 15 is 0 Å². The number of hydrogen-bond donors (Lipinski definition) is 1. The monoisotopic (exact) mass is 597 g/mol. The van der Waals surface area contributed by atoms with Gasteiger partial charge in [-0.05, 0) is 64.6 Å². The van der Waals surface area contributed by atoms with Gasteiger partial charge in [0.05, 0.1) is 29.8 Å². The van der Waals surface area contributed by atoms with Crippen LogP contribution in [0.15, 0.2) is 36.4 Å². The van der Waals surface area contributed by atoms with Crippen LogP contribution < -0.4 is 4.90 Å². The highest BCUT2D eigenvalue weighted by Crippen LogP contribution is 2.38. The summed E-state index contributed by atoms with van der Waals surface area (Å²) in [7, 11) is 1.36. The van der Waals surface area contributed by atoms with E-state index < -0.39 is 60.0 Å². The number of alkyl halides is 9. The number of hydrogen-bond acceptors (Lipinski definition) is 5. The fraction of sp³-hybridized carbons (Fsp3) is 0.500. The lowest BCUT2D eigenvalue weighted by molar-refractivity contribution is -0.143. The topological polar surface area (TPSA) is 67.1 Å². The van der Waals surface area contributed by atoms with Crippen LogP contribution in [0, 0.1) is 5.92 Å². The first-order valence-electron chi connectivity index (χ1n) is 12.5. The highest BCUT2D eigenvalue weighted by atomic mass is 19.4. The average Bonchev–Trinajstić information content (AvgIpc) is 3.28. The Morgan fingerprint density at radius 1 is 0.854 bits per heavy atom. The predicted molar refractivity (Wildman–Crippen MR) is 130 cm³/mol. The molecule has 3 aromatic rings. The molecule has 0 saturated carbocycles. The van der Waals surface area contributed by atoms with Gasteiger partial charge in [0.1, 0.15) is 0 Å². The minimum absolute atomic E-state index is 0.0207. The Labute approximate surface area is 229 Å². The third kappa shape index (κ3) is 8.57. The summed E-state index contributed by atoms with van der Waals surface area (Å²) in [5.74, 6) is -0.232. The van der Waals surface area contributed by atoms with Gasteiger partial charge in [0.15, 0.2) is 0 Å². The Hall–Kier alpha value is -3.36. The molecule has 0 aliphatic heterocycles. The lowest BCUT2D eigenvalue weighted by Crippen LogP contribution is -2.26. The van der Waals surface area contributed by atoms with Crippen molar-refractivity contribution in [2.45, 2.75) is 70.8 Å². The molecule has 0 bridgehead atoms. The lowest BCUT2D eigenvalue weighted by Gasteiger charge is -2.26. The fourth-order valence-corrected chi connectivity index (χ4v) is 4.50. The summed E-state index contributed by atoms with van der Waals surface area (Å²) in [5.41, 5.74) is -4.49. The van der Waals surface area contributed by atoms with Gasteiger partial charge in [-0.2, -0.15) is 44.3 Å². The summed E-state index contributed by atoms with van der Waals surface area (Å²) < 4.78 is 122. The number of rotatable bonds is 10. The molecule has 1 aromatic heterocycles. The quantitative estimate of drug-likeness (QED) is 0.248. The molecular weight excluding hydrogens is 569 g/mol. The molecule has 1 N–H and O–H groups in total. The van der Waals surface area contributed by atoms with E-state index in [9.17, 15) is 44.6 Å². The van der Waals surface area contributed by atoms with Gasteiger partial charge in [0.2, 0.25) is 0 Å². The maximum Gasteiger partial charge on any atom is 0.416 e. The van der Waals surface area contributed by atoms with Crippen molar-refractivity contribution in [2.75, 3.05) is 4.90 Å². The molecule has 0 aliphatic carbocycles. The minimum Gasteiger partial charge on any atom is -0.388 e. The minimum atomic E-state index is -5.10. The zero-order chi connectivity index (χ0) is 30.8. The summed E-state index contributed by atoms with van der Waals surface area (Å²) in [6.45, 7) is 2.69. The van der Waals surface area contributed by atoms with E-state index in [4.69, 9.17) is 0 Å². The number of benzene rings is 2. The number of nitrogens with zero attached hydrogens (tertiary/aromatic N) is 5. The van der Waals surface area contributed by atoms with Gasteiger partial charge in [-0.25, -0.2) is 0 Å². The fourth-order valence-electron chi connectivity index (χ4n) is 4.50. The summed E-state index contributed by atoms with van der Waals surface area (Å²) in [6, 6.07) is 3.74. The van der Waals surface area contributed by atoms with Gasteiger partial charge in [0.25, 0.3) is 5.95 Å². The molecule has 2 unspecified atom stereocenters. The Balaban J connectivity index is 2.11. The molecule has 0 aliphatic rings. The van der Waals surface area contributed by atoms with Crippen LogP contribution in [0.5, 0.6) is 0 Å². The standard InChI is InChI=1S/C26H28F9N5O/c1-4-5-15(2)8-22(41)21-7-6-18(24(27,28)29)11-17(21)14-40(23-36-38-39(3)37-23)13-16-9-19(25(30,31)32)12-20(10-16)26(33,34)35/h6-7,9-12,15,22,41H,4-5,8,13-14H2,1-3H3. The van der Waals surface area contributed by atoms with Gasteiger partial charge in [0, 0.05) is 13.1 Å². The molecule has 0 spiro atoms. The van der Waals surface area contributed by atoms with Gasteiger partial charge in [-0.1, -0.05) is 37.9 Å². The first-order chi connectivity index (χ1) is 18.9. The van der Waals surface area contributed by atoms with E-state index in [2.05, 4.69) is 15.4 Å². The molecule has 2 atom stereocenters. The van der Waals surface area contributed by atoms with Gasteiger partial charge < -0.3 is 10.0 Å². The van der Waals surface area contributed by atoms with Crippen molar-refractivity contribution in [1.29, 1.82) is 0 Å². The normalized spacial score (nSPS) is 14.3. The molecule has 0 fully saturated rings. The van der Waals surface area contributed by atoms with Gasteiger partial charge in [-0.15, -0.1) is 5.10 Å². The van der Waals surface area contributed by atoms with E-state index in [0.717, 1.165) is 40.7 Å². The molecule has 1 heterocycles. The third-order valence-electron chi connectivity index (χ3n) is 6.40. The summed E-state index contributed by atoms with van der Waals surface area (Å²) >= 11 is 0. The summed E-state index contributed by atoms with van der Waals surface area (Å²) in [5, 5.41) is 22.3. The van der Waals surface area contributed by atoms with Crippen molar-refractivity contribution in [3.05, 3.63) is 69.8 Å². The van der Waals surface area contributed by atoms with E-state index in [0.29, 0.717) is 12.1 Å². The molecule has 3 rings (SSSR count). The Morgan fingerprint density at radius 2 is 1.44 bits per heavy atom. The summed E-state index contributed by atoms with van der Waals surface area (Å²) in [6.07, 6.45) is -14.4. The largest absolute Gasteiger partial charge is 0.416 e. The predicted octanol–water partition coefficient (Wildman–Crippen LogP) is 7.33. The van der Waals surface area contributed by atoms with Crippen molar-refractivity contribution in [3.8, 4) is 0 Å². The maximum absolute atomic E-state index is 13.6. The van der Waals surface area contributed by atoms with Crippen LogP contribution in [0.3, 0.4) is 0 Å². The van der Waals surface area contributed by atoms with Crippen LogP contribution in [0.25, 0.3) is 0 Å². The van der Waals surface area contributed by atoms with E-state index in [1.54, 1.807) is 0 Å². The number of halogens is 9. The van der Waals surface area contributed by atoms with Crippen LogP contribution in [-0.4, -0.2) is 25.3 Å². The highest BCUT2D eigenvalue weighted by molar-refractivity contribution is 5.41. The summed E-state index contributed by atoms with van der Waals surface area (Å²) in [4.78, 5) is 2.08. The Kier molecular flexibility index (Phi) is 9.61. The number of anilines is 1. The molecule has 226 valence electrons. The number of aliphatic hydroxyl groups excluding tert-OH is 1. The molecule has 0 saturated heterocycles. The molecule has 0 amide bonds. The molecule has 0 radical (unpaired) electrons. The van der Waals surface area contributed by atoms with Crippen LogP contribution in [-0.2, 0) is 38.7 Å². The molecular formula is C26H28F9N5O. The van der Waals surface area contributed by atoms with E-state index in [1.165, 1.54) is 7.05 Å². The number of aromatic nitrogens is 4. The first-order valence-corrected chi connectivity index (χ1v) is 12.5. The molecule has 41 heavy (non-hydrogen) atoms. The van der Waals surface area contributed by atoms with E-state index in [-0.39, 0.29) is 35.5 Å². The van der Waals surface area contributed by atoms with Crippen molar-refractivity contribution < 1.29 is 44.6 Å². The zero-order valence-electron chi connectivity index (χ0n) is 22.2. The molecule has 2 aromatic carbocycles. The lowest BCUT2D eigenvalue weighted by atomic mass is 9.91. The van der Waals surface area contributed by atoms with Crippen molar-refractivity contribution >= 4 is 5.95 Å². The second-order valence-electron chi connectivity index (χ2n) is 9.91. The maximum atomic E-state index is 13.6. The first kappa shape index (κ1) is 32.2. The van der Waals surface area contributed by atoms with Crippen LogP contribution in [0.4, 0.5) is 45.5 Å². The number of aryl methyl sites for hydroxylation is 1. The average molecular weight is 598 g/mol. The van der Waals surface area contributed by atoms with Crippen LogP contribution in [0.2, 0.25) is 0 Å². The second-order valence-corrected chi connectivity index (χ2v) is 9.91. The SMILES string of the molecule is CCCC(C)CC(O)c1ccc(C(F)(F)F)cc1CN(Cc1cc(C(F)(F)F)cc(C(F)(F)F)c1)c1nnn(C)n1. The third-order valence-corrected chi connectivity index (χ3v) is 6.40. The van der Waals surface area contributed by atoms with Crippen molar-refractivity contribution in [1.82, 2.24) is 20.2 Å². The van der Waals surface area contributed by atoms with Gasteiger partial charge in [-0.3, -0.25) is 0 Å². The number of aliphatic hydroxyl groups is 1. The number of tetrazole rings is 1. The Morgan fingerprint density at radius 3 is 1.93 bits per heavy atom. The smallest absolute Gasteiger partial charge is 0.388 e.